The zero-order valence-corrected chi connectivity index (χ0v) is 13.3. The molecule has 0 spiro atoms. The van der Waals surface area contributed by atoms with Gasteiger partial charge in [0.2, 0.25) is 10.0 Å². The Bertz CT molecular complexity index is 586. The van der Waals surface area contributed by atoms with Crippen molar-refractivity contribution in [3.63, 3.8) is 0 Å². The third-order valence-electron chi connectivity index (χ3n) is 4.62. The molecule has 114 valence electrons. The summed E-state index contributed by atoms with van der Waals surface area (Å²) in [5.74, 6) is 0.0643. The van der Waals surface area contributed by atoms with Crippen molar-refractivity contribution in [3.8, 4) is 0 Å². The summed E-state index contributed by atoms with van der Waals surface area (Å²) in [4.78, 5) is 0.115. The summed E-state index contributed by atoms with van der Waals surface area (Å²) < 4.78 is 29.2. The van der Waals surface area contributed by atoms with Crippen LogP contribution in [0.2, 0.25) is 0 Å². The van der Waals surface area contributed by atoms with Crippen molar-refractivity contribution in [2.75, 3.05) is 12.3 Å². The first-order chi connectivity index (χ1) is 9.31. The first-order valence-corrected chi connectivity index (χ1v) is 8.58. The largest absolute Gasteiger partial charge is 0.381 e. The lowest BCUT2D eigenvalue weighted by molar-refractivity contribution is 0.285. The van der Waals surface area contributed by atoms with Crippen LogP contribution >= 0.6 is 0 Å². The van der Waals surface area contributed by atoms with Crippen LogP contribution in [0.4, 0.5) is 5.82 Å². The number of sulfonamides is 1. The second-order valence-electron chi connectivity index (χ2n) is 5.81. The Labute approximate surface area is 120 Å². The van der Waals surface area contributed by atoms with Crippen LogP contribution in [0.15, 0.2) is 4.90 Å². The van der Waals surface area contributed by atoms with Crippen LogP contribution in [-0.4, -0.2) is 24.7 Å². The molecule has 1 fully saturated rings. The molecule has 1 aliphatic carbocycles. The highest BCUT2D eigenvalue weighted by Crippen LogP contribution is 2.40. The molecule has 0 radical (unpaired) electrons. The fourth-order valence-corrected chi connectivity index (χ4v) is 4.52. The summed E-state index contributed by atoms with van der Waals surface area (Å²) in [7, 11) is -1.91. The molecule has 7 heteroatoms. The molecule has 3 N–H and O–H groups in total. The lowest BCUT2D eigenvalue weighted by Crippen LogP contribution is -2.36. The molecule has 1 aromatic rings. The van der Waals surface area contributed by atoms with Gasteiger partial charge < -0.3 is 5.73 Å². The number of aryl methyl sites for hydroxylation is 1. The van der Waals surface area contributed by atoms with Crippen LogP contribution in [-0.2, 0) is 17.1 Å². The number of nitrogens with zero attached hydrogens (tertiary/aromatic N) is 2. The number of hydrogen-bond acceptors (Lipinski definition) is 4. The van der Waals surface area contributed by atoms with Crippen molar-refractivity contribution in [1.29, 1.82) is 0 Å². The number of rotatable bonds is 5. The smallest absolute Gasteiger partial charge is 0.246 e. The first-order valence-electron chi connectivity index (χ1n) is 7.10. The maximum atomic E-state index is 12.5. The standard InChI is InChI=1S/C13H24N4O2S/c1-4-13(7-5-6-8-13)9-15-20(18,19)11-10(2)17(3)16-12(11)14/h15H,4-9H2,1-3H3,(H2,14,16). The average Bonchev–Trinajstić information content (AvgIpc) is 2.94. The maximum absolute atomic E-state index is 12.5. The van der Waals surface area contributed by atoms with Crippen molar-refractivity contribution in [2.45, 2.75) is 50.8 Å². The van der Waals surface area contributed by atoms with E-state index in [9.17, 15) is 8.42 Å². The van der Waals surface area contributed by atoms with E-state index in [-0.39, 0.29) is 16.1 Å². The number of anilines is 1. The normalized spacial score (nSPS) is 18.6. The summed E-state index contributed by atoms with van der Waals surface area (Å²) >= 11 is 0. The molecule has 0 amide bonds. The lowest BCUT2D eigenvalue weighted by Gasteiger charge is -2.27. The zero-order valence-electron chi connectivity index (χ0n) is 12.4. The van der Waals surface area contributed by atoms with Crippen molar-refractivity contribution in [2.24, 2.45) is 12.5 Å². The van der Waals surface area contributed by atoms with Crippen LogP contribution in [0.1, 0.15) is 44.7 Å². The zero-order chi connectivity index (χ0) is 15.0. The molecule has 0 saturated heterocycles. The SMILES string of the molecule is CCC1(CNS(=O)(=O)c2c(N)nn(C)c2C)CCCC1. The van der Waals surface area contributed by atoms with E-state index in [4.69, 9.17) is 5.73 Å². The fraction of sp³-hybridized carbons (Fsp3) is 0.769. The predicted octanol–water partition coefficient (Wildman–Crippen LogP) is 1.56. The molecule has 0 unspecified atom stereocenters. The molecule has 6 nitrogen and oxygen atoms in total. The van der Waals surface area contributed by atoms with Gasteiger partial charge in [0.25, 0.3) is 0 Å². The van der Waals surface area contributed by atoms with E-state index >= 15 is 0 Å². The van der Waals surface area contributed by atoms with Gasteiger partial charge in [-0.1, -0.05) is 19.8 Å². The van der Waals surface area contributed by atoms with Crippen molar-refractivity contribution >= 4 is 15.8 Å². The molecule has 1 aliphatic rings. The minimum atomic E-state index is -3.59. The second-order valence-corrected chi connectivity index (χ2v) is 7.51. The van der Waals surface area contributed by atoms with Gasteiger partial charge in [0.1, 0.15) is 4.90 Å². The Morgan fingerprint density at radius 2 is 2.00 bits per heavy atom. The summed E-state index contributed by atoms with van der Waals surface area (Å²) in [5.41, 5.74) is 6.40. The van der Waals surface area contributed by atoms with Gasteiger partial charge in [-0.3, -0.25) is 4.68 Å². The quantitative estimate of drug-likeness (QED) is 0.863. The van der Waals surface area contributed by atoms with Crippen LogP contribution in [0, 0.1) is 12.3 Å². The summed E-state index contributed by atoms with van der Waals surface area (Å²) in [6.07, 6.45) is 5.55. The maximum Gasteiger partial charge on any atom is 0.246 e. The monoisotopic (exact) mass is 300 g/mol. The summed E-state index contributed by atoms with van der Waals surface area (Å²) in [6.45, 7) is 4.33. The van der Waals surface area contributed by atoms with E-state index in [2.05, 4.69) is 16.7 Å². The van der Waals surface area contributed by atoms with E-state index in [1.807, 2.05) is 0 Å². The number of nitrogens with one attached hydrogen (secondary N) is 1. The number of hydrogen-bond donors (Lipinski definition) is 2. The molecule has 0 aromatic carbocycles. The van der Waals surface area contributed by atoms with E-state index in [1.54, 1.807) is 14.0 Å². The van der Waals surface area contributed by atoms with Gasteiger partial charge >= 0.3 is 0 Å². The molecule has 1 aromatic heterocycles. The second kappa shape index (κ2) is 5.37. The third-order valence-corrected chi connectivity index (χ3v) is 6.19. The van der Waals surface area contributed by atoms with E-state index in [0.717, 1.165) is 19.3 Å². The van der Waals surface area contributed by atoms with E-state index in [1.165, 1.54) is 17.5 Å². The lowest BCUT2D eigenvalue weighted by atomic mass is 9.84. The van der Waals surface area contributed by atoms with Gasteiger partial charge in [-0.2, -0.15) is 5.10 Å². The predicted molar refractivity (Wildman–Crippen MR) is 78.7 cm³/mol. The first kappa shape index (κ1) is 15.3. The Balaban J connectivity index is 2.19. The Morgan fingerprint density at radius 3 is 2.45 bits per heavy atom. The van der Waals surface area contributed by atoms with Crippen molar-refractivity contribution in [3.05, 3.63) is 5.69 Å². The molecular weight excluding hydrogens is 276 g/mol. The molecule has 2 rings (SSSR count). The highest BCUT2D eigenvalue weighted by molar-refractivity contribution is 7.89. The van der Waals surface area contributed by atoms with Gasteiger partial charge in [-0.25, -0.2) is 13.1 Å². The number of nitrogens with two attached hydrogens (primary N) is 1. The fourth-order valence-electron chi connectivity index (χ4n) is 3.05. The highest BCUT2D eigenvalue weighted by Gasteiger charge is 2.34. The minimum Gasteiger partial charge on any atom is -0.381 e. The molecule has 20 heavy (non-hydrogen) atoms. The van der Waals surface area contributed by atoms with Gasteiger partial charge in [0.05, 0.1) is 5.69 Å². The van der Waals surface area contributed by atoms with Crippen LogP contribution in [0.25, 0.3) is 0 Å². The average molecular weight is 300 g/mol. The third kappa shape index (κ3) is 2.69. The molecule has 0 bridgehead atoms. The van der Waals surface area contributed by atoms with Gasteiger partial charge in [0.15, 0.2) is 5.82 Å². The van der Waals surface area contributed by atoms with E-state index < -0.39 is 10.0 Å². The molecule has 1 heterocycles. The topological polar surface area (TPSA) is 90.0 Å². The van der Waals surface area contributed by atoms with Gasteiger partial charge in [-0.05, 0) is 31.6 Å². The van der Waals surface area contributed by atoms with Crippen molar-refractivity contribution in [1.82, 2.24) is 14.5 Å². The van der Waals surface area contributed by atoms with Crippen LogP contribution in [0.5, 0.6) is 0 Å². The summed E-state index contributed by atoms with van der Waals surface area (Å²) in [5, 5.41) is 3.97. The molecule has 0 aliphatic heterocycles. The van der Waals surface area contributed by atoms with Crippen LogP contribution in [0.3, 0.4) is 0 Å². The number of aromatic nitrogens is 2. The van der Waals surface area contributed by atoms with E-state index in [0.29, 0.717) is 12.2 Å². The van der Waals surface area contributed by atoms with Gasteiger partial charge in [-0.15, -0.1) is 0 Å². The minimum absolute atomic E-state index is 0.0643. The summed E-state index contributed by atoms with van der Waals surface area (Å²) in [6, 6.07) is 0. The Kier molecular flexibility index (Phi) is 4.11. The van der Waals surface area contributed by atoms with Crippen LogP contribution < -0.4 is 10.5 Å². The highest BCUT2D eigenvalue weighted by atomic mass is 32.2. The van der Waals surface area contributed by atoms with Crippen molar-refractivity contribution < 1.29 is 8.42 Å². The number of nitrogen functional groups attached to an aromatic ring is 1. The Morgan fingerprint density at radius 1 is 1.40 bits per heavy atom. The molecule has 1 saturated carbocycles. The molecular formula is C13H24N4O2S. The van der Waals surface area contributed by atoms with Gasteiger partial charge in [0, 0.05) is 13.6 Å². The molecule has 0 atom stereocenters. The Hall–Kier alpha value is -1.08.